The fourth-order valence-corrected chi connectivity index (χ4v) is 0.251. The second-order valence-electron chi connectivity index (χ2n) is 1.19. The van der Waals surface area contributed by atoms with E-state index in [1.807, 2.05) is 0 Å². The molecule has 0 aliphatic rings. The lowest BCUT2D eigenvalue weighted by atomic mass is 10.3. The molecule has 0 atom stereocenters. The van der Waals surface area contributed by atoms with Gasteiger partial charge in [-0.3, -0.25) is 0 Å². The zero-order valence-corrected chi connectivity index (χ0v) is 4.70. The molecular weight excluding hydrogens is 114 g/mol. The molecule has 0 unspecified atom stereocenters. The van der Waals surface area contributed by atoms with Gasteiger partial charge in [0.15, 0.2) is 0 Å². The second-order valence-corrected chi connectivity index (χ2v) is 1.19. The van der Waals surface area contributed by atoms with Crippen LogP contribution in [0.5, 0.6) is 0 Å². The Kier molecular flexibility index (Phi) is 3.57. The van der Waals surface area contributed by atoms with Gasteiger partial charge in [-0.2, -0.15) is 10.5 Å². The van der Waals surface area contributed by atoms with Crippen molar-refractivity contribution >= 4 is 0 Å². The summed E-state index contributed by atoms with van der Waals surface area (Å²) in [7, 11) is 0. The number of nitrogens with zero attached hydrogens (tertiary/aromatic N) is 2. The van der Waals surface area contributed by atoms with Crippen LogP contribution in [-0.4, -0.2) is 0 Å². The van der Waals surface area contributed by atoms with E-state index in [0.29, 0.717) is 0 Å². The zero-order valence-electron chi connectivity index (χ0n) is 4.70. The Hall–Kier alpha value is -1.74. The van der Waals surface area contributed by atoms with E-state index >= 15 is 0 Å². The third-order valence-electron chi connectivity index (χ3n) is 0.615. The van der Waals surface area contributed by atoms with E-state index < -0.39 is 0 Å². The molecule has 2 N–H and O–H groups in total. The van der Waals surface area contributed by atoms with Gasteiger partial charge in [-0.1, -0.05) is 0 Å². The molecule has 0 aromatic carbocycles. The lowest BCUT2D eigenvalue weighted by Gasteiger charge is -1.72. The summed E-state index contributed by atoms with van der Waals surface area (Å²) >= 11 is 0. The van der Waals surface area contributed by atoms with Gasteiger partial charge < -0.3 is 5.73 Å². The predicted molar refractivity (Wildman–Crippen MR) is 32.6 cm³/mol. The van der Waals surface area contributed by atoms with Crippen molar-refractivity contribution in [1.82, 2.24) is 0 Å². The van der Waals surface area contributed by atoms with Crippen molar-refractivity contribution in [3.8, 4) is 12.1 Å². The van der Waals surface area contributed by atoms with Crippen molar-refractivity contribution in [2.45, 2.75) is 0 Å². The number of nitrogens with two attached hydrogens (primary N) is 1. The lowest BCUT2D eigenvalue weighted by Crippen LogP contribution is -1.74. The Morgan fingerprint density at radius 2 is 1.89 bits per heavy atom. The standard InChI is InChI=1S/C6H5N3/c7-3-1-2-6(4-8)5-9/h1-3H,7H2/b3-1+. The van der Waals surface area contributed by atoms with Gasteiger partial charge in [0.25, 0.3) is 0 Å². The number of nitriles is 2. The quantitative estimate of drug-likeness (QED) is 0.402. The highest BCUT2D eigenvalue weighted by Crippen LogP contribution is 1.87. The molecule has 0 radical (unpaired) electrons. The average Bonchev–Trinajstić information content (AvgIpc) is 1.91. The molecule has 0 aromatic rings. The highest BCUT2D eigenvalue weighted by molar-refractivity contribution is 5.37. The summed E-state index contributed by atoms with van der Waals surface area (Å²) in [6.07, 6.45) is 4.04. The first-order valence-electron chi connectivity index (χ1n) is 2.24. The van der Waals surface area contributed by atoms with Crippen LogP contribution in [0.15, 0.2) is 23.9 Å². The fraction of sp³-hybridized carbons (Fsp3) is 0. The van der Waals surface area contributed by atoms with Crippen LogP contribution in [0, 0.1) is 22.7 Å². The fourth-order valence-electron chi connectivity index (χ4n) is 0.251. The molecule has 0 aliphatic carbocycles. The van der Waals surface area contributed by atoms with Crippen LogP contribution in [0.4, 0.5) is 0 Å². The molecule has 0 amide bonds. The molecular formula is C6H5N3. The normalized spacial score (nSPS) is 7.78. The number of rotatable bonds is 1. The molecule has 0 saturated heterocycles. The van der Waals surface area contributed by atoms with Crippen LogP contribution in [0.3, 0.4) is 0 Å². The van der Waals surface area contributed by atoms with E-state index in [1.54, 1.807) is 12.1 Å². The maximum atomic E-state index is 8.14. The molecule has 44 valence electrons. The smallest absolute Gasteiger partial charge is 0.129 e. The largest absolute Gasteiger partial charge is 0.405 e. The van der Waals surface area contributed by atoms with E-state index in [1.165, 1.54) is 18.4 Å². The predicted octanol–water partition coefficient (Wildman–Crippen LogP) is 0.432. The summed E-state index contributed by atoms with van der Waals surface area (Å²) < 4.78 is 0. The summed E-state index contributed by atoms with van der Waals surface area (Å²) in [4.78, 5) is 0. The Morgan fingerprint density at radius 3 is 2.22 bits per heavy atom. The van der Waals surface area contributed by atoms with Crippen LogP contribution in [0.25, 0.3) is 0 Å². The third kappa shape index (κ3) is 2.90. The van der Waals surface area contributed by atoms with Crippen molar-refractivity contribution in [1.29, 1.82) is 10.5 Å². The van der Waals surface area contributed by atoms with Gasteiger partial charge in [-0.25, -0.2) is 0 Å². The third-order valence-corrected chi connectivity index (χ3v) is 0.615. The Bertz CT molecular complexity index is 195. The molecule has 0 aromatic heterocycles. The maximum absolute atomic E-state index is 8.14. The number of hydrogen-bond acceptors (Lipinski definition) is 3. The van der Waals surface area contributed by atoms with Crippen LogP contribution in [0.1, 0.15) is 0 Å². The molecule has 3 heteroatoms. The Morgan fingerprint density at radius 1 is 1.33 bits per heavy atom. The molecule has 0 heterocycles. The first-order valence-corrected chi connectivity index (χ1v) is 2.24. The van der Waals surface area contributed by atoms with Gasteiger partial charge in [0.05, 0.1) is 0 Å². The zero-order chi connectivity index (χ0) is 7.11. The Balaban J connectivity index is 4.18. The van der Waals surface area contributed by atoms with E-state index in [2.05, 4.69) is 0 Å². The van der Waals surface area contributed by atoms with E-state index in [-0.39, 0.29) is 5.57 Å². The van der Waals surface area contributed by atoms with Crippen molar-refractivity contribution in [2.75, 3.05) is 0 Å². The highest BCUT2D eigenvalue weighted by atomic mass is 14.5. The molecule has 0 aliphatic heterocycles. The SMILES string of the molecule is N#CC(C#N)=C/C=C/N. The van der Waals surface area contributed by atoms with Crippen LogP contribution in [0.2, 0.25) is 0 Å². The van der Waals surface area contributed by atoms with E-state index in [0.717, 1.165) is 0 Å². The summed E-state index contributed by atoms with van der Waals surface area (Å²) in [5.41, 5.74) is 4.99. The molecule has 0 fully saturated rings. The minimum absolute atomic E-state index is 0.0525. The lowest BCUT2D eigenvalue weighted by molar-refractivity contribution is 1.46. The van der Waals surface area contributed by atoms with Gasteiger partial charge >= 0.3 is 0 Å². The van der Waals surface area contributed by atoms with Gasteiger partial charge in [-0.15, -0.1) is 0 Å². The summed E-state index contributed by atoms with van der Waals surface area (Å²) in [5, 5.41) is 16.3. The van der Waals surface area contributed by atoms with Crippen LogP contribution in [-0.2, 0) is 0 Å². The van der Waals surface area contributed by atoms with Gasteiger partial charge in [-0.05, 0) is 18.4 Å². The van der Waals surface area contributed by atoms with E-state index in [4.69, 9.17) is 16.3 Å². The maximum Gasteiger partial charge on any atom is 0.129 e. The number of hydrogen-bond donors (Lipinski definition) is 1. The molecule has 0 rings (SSSR count). The van der Waals surface area contributed by atoms with Gasteiger partial charge in [0, 0.05) is 0 Å². The number of allylic oxidation sites excluding steroid dienone is 3. The first kappa shape index (κ1) is 7.26. The van der Waals surface area contributed by atoms with Gasteiger partial charge in [0.1, 0.15) is 17.7 Å². The molecule has 0 bridgehead atoms. The minimum Gasteiger partial charge on any atom is -0.405 e. The highest BCUT2D eigenvalue weighted by Gasteiger charge is 1.83. The average molecular weight is 119 g/mol. The van der Waals surface area contributed by atoms with Crippen molar-refractivity contribution in [3.63, 3.8) is 0 Å². The molecule has 0 saturated carbocycles. The van der Waals surface area contributed by atoms with E-state index in [9.17, 15) is 0 Å². The molecule has 9 heavy (non-hydrogen) atoms. The first-order chi connectivity index (χ1) is 4.35. The van der Waals surface area contributed by atoms with Crippen molar-refractivity contribution in [2.24, 2.45) is 5.73 Å². The molecule has 3 nitrogen and oxygen atoms in total. The van der Waals surface area contributed by atoms with Gasteiger partial charge in [0.2, 0.25) is 0 Å². The summed E-state index contributed by atoms with van der Waals surface area (Å²) in [5.74, 6) is 0. The Labute approximate surface area is 53.3 Å². The second kappa shape index (κ2) is 4.42. The van der Waals surface area contributed by atoms with Crippen LogP contribution >= 0.6 is 0 Å². The topological polar surface area (TPSA) is 73.6 Å². The summed E-state index contributed by atoms with van der Waals surface area (Å²) in [6.45, 7) is 0. The van der Waals surface area contributed by atoms with Crippen LogP contribution < -0.4 is 5.73 Å². The summed E-state index contributed by atoms with van der Waals surface area (Å²) in [6, 6.07) is 3.36. The van der Waals surface area contributed by atoms with Crippen molar-refractivity contribution < 1.29 is 0 Å². The minimum atomic E-state index is 0.0525. The monoisotopic (exact) mass is 119 g/mol. The molecule has 0 spiro atoms. The van der Waals surface area contributed by atoms with Crippen molar-refractivity contribution in [3.05, 3.63) is 23.9 Å².